The number of rotatable bonds is 4. The molecule has 1 aliphatic heterocycles. The van der Waals surface area contributed by atoms with E-state index in [0.29, 0.717) is 6.54 Å². The second-order valence-electron chi connectivity index (χ2n) is 5.90. The fraction of sp³-hybridized carbons (Fsp3) is 0.846. The minimum absolute atomic E-state index is 0.0284. The van der Waals surface area contributed by atoms with Gasteiger partial charge in [0.15, 0.2) is 0 Å². The Morgan fingerprint density at radius 1 is 1.37 bits per heavy atom. The smallest absolute Gasteiger partial charge is 0.407 e. The summed E-state index contributed by atoms with van der Waals surface area (Å²) >= 11 is 0. The van der Waals surface area contributed by atoms with Gasteiger partial charge in [0.1, 0.15) is 5.60 Å². The first-order valence-electron chi connectivity index (χ1n) is 6.70. The molecule has 0 spiro atoms. The van der Waals surface area contributed by atoms with Crippen LogP contribution in [0.25, 0.3) is 0 Å². The summed E-state index contributed by atoms with van der Waals surface area (Å²) in [5, 5.41) is 11.6. The summed E-state index contributed by atoms with van der Waals surface area (Å²) in [6.07, 6.45) is 2.53. The first-order chi connectivity index (χ1) is 8.78. The Bertz CT molecular complexity index is 325. The summed E-state index contributed by atoms with van der Waals surface area (Å²) in [6.45, 7) is 6.66. The van der Waals surface area contributed by atoms with Gasteiger partial charge in [-0.1, -0.05) is 6.42 Å². The van der Waals surface area contributed by atoms with Crippen molar-refractivity contribution in [1.82, 2.24) is 10.2 Å². The van der Waals surface area contributed by atoms with Crippen LogP contribution >= 0.6 is 0 Å². The van der Waals surface area contributed by atoms with Crippen LogP contribution in [0.2, 0.25) is 0 Å². The van der Waals surface area contributed by atoms with Crippen LogP contribution in [-0.2, 0) is 9.53 Å². The summed E-state index contributed by atoms with van der Waals surface area (Å²) < 4.78 is 5.16. The maximum atomic E-state index is 11.6. The number of ether oxygens (including phenoxy) is 1. The number of hydrogen-bond donors (Lipinski definition) is 2. The second kappa shape index (κ2) is 6.75. The van der Waals surface area contributed by atoms with Crippen molar-refractivity contribution in [3.8, 4) is 0 Å². The van der Waals surface area contributed by atoms with Gasteiger partial charge in [0.2, 0.25) is 0 Å². The van der Waals surface area contributed by atoms with Crippen molar-refractivity contribution < 1.29 is 19.4 Å². The van der Waals surface area contributed by atoms with Crippen molar-refractivity contribution in [2.24, 2.45) is 0 Å². The number of likely N-dealkylation sites (tertiary alicyclic amines) is 1. The summed E-state index contributed by atoms with van der Waals surface area (Å²) in [7, 11) is 0. The van der Waals surface area contributed by atoms with Crippen molar-refractivity contribution in [1.29, 1.82) is 0 Å². The number of alkyl carbamates (subject to hydrolysis) is 1. The zero-order valence-electron chi connectivity index (χ0n) is 11.9. The van der Waals surface area contributed by atoms with E-state index in [1.54, 1.807) is 0 Å². The van der Waals surface area contributed by atoms with Crippen LogP contribution in [0.1, 0.15) is 40.0 Å². The predicted octanol–water partition coefficient (Wildman–Crippen LogP) is 1.45. The Kier molecular flexibility index (Phi) is 5.60. The standard InChI is InChI=1S/C13H24N2O4/c1-13(2,3)19-12(18)14-8-10-6-4-5-7-15(10)9-11(16)17/h10H,4-9H2,1-3H3,(H,14,18)(H,16,17)/t10-/m1/s1. The molecule has 1 fully saturated rings. The normalized spacial score (nSPS) is 20.9. The lowest BCUT2D eigenvalue weighted by atomic mass is 10.0. The lowest BCUT2D eigenvalue weighted by Crippen LogP contribution is -2.49. The molecule has 2 N–H and O–H groups in total. The van der Waals surface area contributed by atoms with E-state index in [4.69, 9.17) is 9.84 Å². The largest absolute Gasteiger partial charge is 0.480 e. The van der Waals surface area contributed by atoms with E-state index < -0.39 is 17.7 Å². The third-order valence-corrected chi connectivity index (χ3v) is 2.97. The first kappa shape index (κ1) is 15.8. The maximum absolute atomic E-state index is 11.6. The number of hydrogen-bond acceptors (Lipinski definition) is 4. The number of carbonyl (C=O) groups excluding carboxylic acids is 1. The Morgan fingerprint density at radius 2 is 2.05 bits per heavy atom. The monoisotopic (exact) mass is 272 g/mol. The highest BCUT2D eigenvalue weighted by Gasteiger charge is 2.25. The molecule has 0 bridgehead atoms. The Labute approximate surface area is 114 Å². The van der Waals surface area contributed by atoms with Crippen LogP contribution in [0.4, 0.5) is 4.79 Å². The van der Waals surface area contributed by atoms with Crippen molar-refractivity contribution in [3.63, 3.8) is 0 Å². The molecule has 1 saturated heterocycles. The van der Waals surface area contributed by atoms with Crippen LogP contribution < -0.4 is 5.32 Å². The van der Waals surface area contributed by atoms with Crippen LogP contribution in [0.15, 0.2) is 0 Å². The molecule has 0 unspecified atom stereocenters. The van der Waals surface area contributed by atoms with Crippen molar-refractivity contribution in [2.75, 3.05) is 19.6 Å². The Morgan fingerprint density at radius 3 is 2.63 bits per heavy atom. The van der Waals surface area contributed by atoms with Gasteiger partial charge in [-0.3, -0.25) is 9.69 Å². The highest BCUT2D eigenvalue weighted by atomic mass is 16.6. The lowest BCUT2D eigenvalue weighted by molar-refractivity contribution is -0.139. The summed E-state index contributed by atoms with van der Waals surface area (Å²) in [5.74, 6) is -0.829. The van der Waals surface area contributed by atoms with E-state index in [9.17, 15) is 9.59 Å². The van der Waals surface area contributed by atoms with E-state index in [1.165, 1.54) is 0 Å². The zero-order valence-corrected chi connectivity index (χ0v) is 11.9. The Hall–Kier alpha value is -1.30. The molecular formula is C13H24N2O4. The molecule has 0 saturated carbocycles. The molecule has 1 atom stereocenters. The van der Waals surface area contributed by atoms with E-state index in [-0.39, 0.29) is 12.6 Å². The van der Waals surface area contributed by atoms with Crippen LogP contribution in [-0.4, -0.2) is 53.3 Å². The lowest BCUT2D eigenvalue weighted by Gasteiger charge is -2.34. The van der Waals surface area contributed by atoms with Gasteiger partial charge in [0.25, 0.3) is 0 Å². The van der Waals surface area contributed by atoms with Crippen LogP contribution in [0.5, 0.6) is 0 Å². The Balaban J connectivity index is 2.40. The topological polar surface area (TPSA) is 78.9 Å². The number of amides is 1. The minimum Gasteiger partial charge on any atom is -0.480 e. The van der Waals surface area contributed by atoms with E-state index >= 15 is 0 Å². The third-order valence-electron chi connectivity index (χ3n) is 2.97. The van der Waals surface area contributed by atoms with Gasteiger partial charge in [0.05, 0.1) is 6.54 Å². The number of carboxylic acids is 1. The number of aliphatic carboxylic acids is 1. The van der Waals surface area contributed by atoms with Gasteiger partial charge < -0.3 is 15.2 Å². The van der Waals surface area contributed by atoms with Gasteiger partial charge in [-0.15, -0.1) is 0 Å². The average molecular weight is 272 g/mol. The number of carbonyl (C=O) groups is 2. The maximum Gasteiger partial charge on any atom is 0.407 e. The highest BCUT2D eigenvalue weighted by molar-refractivity contribution is 5.69. The average Bonchev–Trinajstić information content (AvgIpc) is 2.24. The number of piperidine rings is 1. The van der Waals surface area contributed by atoms with E-state index in [2.05, 4.69) is 5.32 Å². The molecule has 0 aromatic carbocycles. The van der Waals surface area contributed by atoms with Crippen LogP contribution in [0.3, 0.4) is 0 Å². The molecule has 19 heavy (non-hydrogen) atoms. The highest BCUT2D eigenvalue weighted by Crippen LogP contribution is 2.16. The first-order valence-corrected chi connectivity index (χ1v) is 6.70. The molecule has 1 amide bonds. The quantitative estimate of drug-likeness (QED) is 0.810. The number of carboxylic acid groups (broad SMARTS) is 1. The van der Waals surface area contributed by atoms with E-state index in [0.717, 1.165) is 25.8 Å². The second-order valence-corrected chi connectivity index (χ2v) is 5.90. The zero-order chi connectivity index (χ0) is 14.5. The molecule has 0 aliphatic carbocycles. The van der Waals surface area contributed by atoms with Crippen molar-refractivity contribution in [2.45, 2.75) is 51.7 Å². The van der Waals surface area contributed by atoms with Gasteiger partial charge in [-0.05, 0) is 40.2 Å². The molecule has 110 valence electrons. The molecule has 1 rings (SSSR count). The SMILES string of the molecule is CC(C)(C)OC(=O)NC[C@H]1CCCCN1CC(=O)O. The minimum atomic E-state index is -0.829. The molecule has 1 aliphatic rings. The van der Waals surface area contributed by atoms with Gasteiger partial charge >= 0.3 is 12.1 Å². The molecular weight excluding hydrogens is 248 g/mol. The summed E-state index contributed by atoms with van der Waals surface area (Å²) in [5.41, 5.74) is -0.516. The van der Waals surface area contributed by atoms with Crippen molar-refractivity contribution >= 4 is 12.1 Å². The molecule has 0 radical (unpaired) electrons. The van der Waals surface area contributed by atoms with Gasteiger partial charge in [-0.2, -0.15) is 0 Å². The third kappa shape index (κ3) is 6.42. The van der Waals surface area contributed by atoms with E-state index in [1.807, 2.05) is 25.7 Å². The molecule has 0 aromatic rings. The fourth-order valence-electron chi connectivity index (χ4n) is 2.19. The molecule has 6 nitrogen and oxygen atoms in total. The number of nitrogens with one attached hydrogen (secondary N) is 1. The van der Waals surface area contributed by atoms with Crippen molar-refractivity contribution in [3.05, 3.63) is 0 Å². The van der Waals surface area contributed by atoms with Gasteiger partial charge in [0, 0.05) is 12.6 Å². The van der Waals surface area contributed by atoms with Gasteiger partial charge in [-0.25, -0.2) is 4.79 Å². The molecule has 6 heteroatoms. The summed E-state index contributed by atoms with van der Waals surface area (Å²) in [4.78, 5) is 24.3. The molecule has 0 aromatic heterocycles. The predicted molar refractivity (Wildman–Crippen MR) is 71.1 cm³/mol. The van der Waals surface area contributed by atoms with Crippen LogP contribution in [0, 0.1) is 0 Å². The fourth-order valence-corrected chi connectivity index (χ4v) is 2.19. The molecule has 1 heterocycles. The summed E-state index contributed by atoms with van der Waals surface area (Å²) in [6, 6.07) is 0.0809. The number of nitrogens with zero attached hydrogens (tertiary/aromatic N) is 1.